The van der Waals surface area contributed by atoms with Crippen LogP contribution in [0, 0.1) is 5.82 Å². The summed E-state index contributed by atoms with van der Waals surface area (Å²) in [5, 5.41) is 5.47. The lowest BCUT2D eigenvalue weighted by Gasteiger charge is -2.23. The topological polar surface area (TPSA) is 104 Å². The molecule has 2 aromatic carbocycles. The number of benzene rings is 2. The standard InChI is InChI=1S/C25H17FN4O4/c1-27-23(31)17-10-12-3-2-4-15-20(28-6-7-30(17)21(12)15)19-18(24(32)29-25(19)33)16-11-14(26)9-13-5-8-34-22(13)16/h2-9,11,17H,10H2,1H3,(H,27,31)(H,29,32,33). The second kappa shape index (κ2) is 7.24. The van der Waals surface area contributed by atoms with Crippen LogP contribution in [0.5, 0.6) is 0 Å². The number of furan rings is 1. The van der Waals surface area contributed by atoms with Gasteiger partial charge in [0.2, 0.25) is 5.91 Å². The zero-order valence-corrected chi connectivity index (χ0v) is 17.9. The Bertz CT molecular complexity index is 1530. The number of para-hydroxylation sites is 1. The molecule has 0 bridgehead atoms. The fourth-order valence-electron chi connectivity index (χ4n) is 4.90. The molecule has 3 amide bonds. The van der Waals surface area contributed by atoms with Crippen LogP contribution < -0.4 is 15.5 Å². The van der Waals surface area contributed by atoms with Crippen LogP contribution in [0.25, 0.3) is 16.5 Å². The molecule has 3 aliphatic rings. The molecule has 34 heavy (non-hydrogen) atoms. The van der Waals surface area contributed by atoms with E-state index in [4.69, 9.17) is 4.42 Å². The van der Waals surface area contributed by atoms with Crippen molar-refractivity contribution >= 4 is 45.7 Å². The third kappa shape index (κ3) is 2.76. The second-order valence-electron chi connectivity index (χ2n) is 8.16. The molecular weight excluding hydrogens is 439 g/mol. The number of aliphatic imine (C=N–C) groups is 1. The lowest BCUT2D eigenvalue weighted by molar-refractivity contribution is -0.123. The van der Waals surface area contributed by atoms with Gasteiger partial charge in [0.05, 0.1) is 28.8 Å². The van der Waals surface area contributed by atoms with E-state index in [0.717, 1.165) is 11.3 Å². The SMILES string of the molecule is CNC(=O)C1Cc2cccc3c2N1C=CN=C3C1=C(c2cc(F)cc3ccoc23)C(=O)NC1=O. The van der Waals surface area contributed by atoms with Gasteiger partial charge in [-0.3, -0.25) is 24.7 Å². The maximum atomic E-state index is 14.4. The molecule has 3 aliphatic heterocycles. The Balaban J connectivity index is 1.60. The molecule has 9 heteroatoms. The first-order valence-corrected chi connectivity index (χ1v) is 10.6. The molecule has 0 saturated carbocycles. The van der Waals surface area contributed by atoms with Gasteiger partial charge in [-0.1, -0.05) is 18.2 Å². The predicted octanol–water partition coefficient (Wildman–Crippen LogP) is 2.43. The van der Waals surface area contributed by atoms with Crippen LogP contribution in [-0.4, -0.2) is 36.5 Å². The van der Waals surface area contributed by atoms with Crippen molar-refractivity contribution in [3.05, 3.63) is 83.1 Å². The molecule has 6 rings (SSSR count). The largest absolute Gasteiger partial charge is 0.464 e. The zero-order chi connectivity index (χ0) is 23.6. The number of nitrogens with one attached hydrogen (secondary N) is 2. The van der Waals surface area contributed by atoms with E-state index in [2.05, 4.69) is 15.6 Å². The first kappa shape index (κ1) is 20.1. The van der Waals surface area contributed by atoms with Crippen LogP contribution in [0.2, 0.25) is 0 Å². The molecule has 2 N–H and O–H groups in total. The maximum Gasteiger partial charge on any atom is 0.261 e. The molecule has 3 aromatic rings. The molecule has 0 aliphatic carbocycles. The lowest BCUT2D eigenvalue weighted by Crippen LogP contribution is -2.41. The van der Waals surface area contributed by atoms with Crippen LogP contribution in [0.3, 0.4) is 0 Å². The minimum absolute atomic E-state index is 0.0106. The van der Waals surface area contributed by atoms with Crippen LogP contribution in [0.4, 0.5) is 10.1 Å². The van der Waals surface area contributed by atoms with E-state index in [0.29, 0.717) is 23.0 Å². The van der Waals surface area contributed by atoms with Crippen molar-refractivity contribution in [1.29, 1.82) is 0 Å². The molecule has 1 atom stereocenters. The number of halogens is 1. The van der Waals surface area contributed by atoms with Gasteiger partial charge in [-0.2, -0.15) is 0 Å². The number of nitrogens with zero attached hydrogens (tertiary/aromatic N) is 2. The molecule has 8 nitrogen and oxygen atoms in total. The Morgan fingerprint density at radius 2 is 2.00 bits per heavy atom. The van der Waals surface area contributed by atoms with E-state index >= 15 is 0 Å². The van der Waals surface area contributed by atoms with Gasteiger partial charge in [0.25, 0.3) is 11.8 Å². The van der Waals surface area contributed by atoms with E-state index in [9.17, 15) is 18.8 Å². The average Bonchev–Trinajstić information content (AvgIpc) is 3.47. The van der Waals surface area contributed by atoms with Crippen LogP contribution >= 0.6 is 0 Å². The summed E-state index contributed by atoms with van der Waals surface area (Å²) in [6.07, 6.45) is 5.06. The number of imide groups is 1. The van der Waals surface area contributed by atoms with Gasteiger partial charge in [0.1, 0.15) is 17.4 Å². The third-order valence-electron chi connectivity index (χ3n) is 6.32. The minimum atomic E-state index is -0.660. The number of carbonyl (C=O) groups is 3. The summed E-state index contributed by atoms with van der Waals surface area (Å²) in [4.78, 5) is 44.8. The highest BCUT2D eigenvalue weighted by molar-refractivity contribution is 6.48. The van der Waals surface area contributed by atoms with Crippen LogP contribution in [0.15, 0.2) is 70.0 Å². The summed E-state index contributed by atoms with van der Waals surface area (Å²) in [5.41, 5.74) is 2.99. The Morgan fingerprint density at radius 3 is 2.82 bits per heavy atom. The summed E-state index contributed by atoms with van der Waals surface area (Å²) in [6, 6.07) is 9.12. The number of likely N-dealkylation sites (N-methyl/N-ethyl adjacent to an activating group) is 1. The molecule has 1 unspecified atom stereocenters. The van der Waals surface area contributed by atoms with Gasteiger partial charge in [-0.05, 0) is 23.8 Å². The quantitative estimate of drug-likeness (QED) is 0.590. The molecular formula is C25H17FN4O4. The summed E-state index contributed by atoms with van der Waals surface area (Å²) in [7, 11) is 1.58. The van der Waals surface area contributed by atoms with Crippen LogP contribution in [0.1, 0.15) is 16.7 Å². The van der Waals surface area contributed by atoms with E-state index in [-0.39, 0.29) is 28.3 Å². The van der Waals surface area contributed by atoms with Crippen molar-refractivity contribution in [2.45, 2.75) is 12.5 Å². The van der Waals surface area contributed by atoms with Crippen molar-refractivity contribution in [1.82, 2.24) is 10.6 Å². The lowest BCUT2D eigenvalue weighted by atomic mass is 9.92. The Hall–Kier alpha value is -4.53. The zero-order valence-electron chi connectivity index (χ0n) is 17.9. The fourth-order valence-corrected chi connectivity index (χ4v) is 4.90. The number of rotatable bonds is 3. The highest BCUT2D eigenvalue weighted by atomic mass is 19.1. The molecule has 0 radical (unpaired) electrons. The molecule has 0 fully saturated rings. The summed E-state index contributed by atoms with van der Waals surface area (Å²) < 4.78 is 20.0. The normalized spacial score (nSPS) is 18.8. The Kier molecular flexibility index (Phi) is 4.28. The average molecular weight is 456 g/mol. The van der Waals surface area contributed by atoms with E-state index in [1.165, 1.54) is 24.6 Å². The number of carbonyl (C=O) groups excluding carboxylic acids is 3. The Morgan fingerprint density at radius 1 is 1.18 bits per heavy atom. The highest BCUT2D eigenvalue weighted by Crippen LogP contribution is 2.41. The van der Waals surface area contributed by atoms with Crippen molar-refractivity contribution in [2.24, 2.45) is 4.99 Å². The van der Waals surface area contributed by atoms with Crippen LogP contribution in [-0.2, 0) is 20.8 Å². The summed E-state index contributed by atoms with van der Waals surface area (Å²) in [6.45, 7) is 0. The van der Waals surface area contributed by atoms with E-state index in [1.807, 2.05) is 17.0 Å². The van der Waals surface area contributed by atoms with Gasteiger partial charge in [0.15, 0.2) is 0 Å². The van der Waals surface area contributed by atoms with Gasteiger partial charge >= 0.3 is 0 Å². The van der Waals surface area contributed by atoms with Gasteiger partial charge in [-0.15, -0.1) is 0 Å². The van der Waals surface area contributed by atoms with Crippen molar-refractivity contribution in [3.63, 3.8) is 0 Å². The molecule has 4 heterocycles. The van der Waals surface area contributed by atoms with Gasteiger partial charge < -0.3 is 14.6 Å². The smallest absolute Gasteiger partial charge is 0.261 e. The first-order chi connectivity index (χ1) is 16.5. The van der Waals surface area contributed by atoms with E-state index < -0.39 is 23.7 Å². The highest BCUT2D eigenvalue weighted by Gasteiger charge is 2.41. The fraction of sp³-hybridized carbons (Fsp3) is 0.120. The minimum Gasteiger partial charge on any atom is -0.464 e. The van der Waals surface area contributed by atoms with Crippen molar-refractivity contribution in [3.8, 4) is 0 Å². The number of hydrogen-bond acceptors (Lipinski definition) is 6. The predicted molar refractivity (Wildman–Crippen MR) is 122 cm³/mol. The maximum absolute atomic E-state index is 14.4. The monoisotopic (exact) mass is 456 g/mol. The van der Waals surface area contributed by atoms with E-state index in [1.54, 1.807) is 25.4 Å². The molecule has 0 saturated heterocycles. The second-order valence-corrected chi connectivity index (χ2v) is 8.16. The number of hydrogen-bond donors (Lipinski definition) is 2. The van der Waals surface area contributed by atoms with Gasteiger partial charge in [-0.25, -0.2) is 4.39 Å². The number of amides is 3. The summed E-state index contributed by atoms with van der Waals surface area (Å²) in [5.74, 6) is -2.01. The number of fused-ring (bicyclic) bond motifs is 1. The first-order valence-electron chi connectivity index (χ1n) is 10.6. The molecule has 1 aromatic heterocycles. The van der Waals surface area contributed by atoms with Gasteiger partial charge in [0, 0.05) is 42.4 Å². The molecule has 168 valence electrons. The summed E-state index contributed by atoms with van der Waals surface area (Å²) >= 11 is 0. The van der Waals surface area contributed by atoms with Crippen molar-refractivity contribution in [2.75, 3.05) is 11.9 Å². The Labute approximate surface area is 192 Å². The molecule has 0 spiro atoms. The van der Waals surface area contributed by atoms with Crippen molar-refractivity contribution < 1.29 is 23.2 Å². The third-order valence-corrected chi connectivity index (χ3v) is 6.32. The number of anilines is 1.